The van der Waals surface area contributed by atoms with Crippen molar-refractivity contribution in [1.29, 1.82) is 0 Å². The second kappa shape index (κ2) is 6.70. The summed E-state index contributed by atoms with van der Waals surface area (Å²) in [6, 6.07) is -0.298. The first-order valence-corrected chi connectivity index (χ1v) is 10.1. The number of nitrogens with zero attached hydrogens (tertiary/aromatic N) is 1. The molecule has 0 aromatic carbocycles. The molecule has 2 heterocycles. The molecule has 0 saturated carbocycles. The van der Waals surface area contributed by atoms with E-state index in [4.69, 9.17) is 0 Å². The lowest BCUT2D eigenvalue weighted by molar-refractivity contribution is 0.0666. The van der Waals surface area contributed by atoms with Crippen molar-refractivity contribution in [2.75, 3.05) is 18.1 Å². The Morgan fingerprint density at radius 2 is 1.92 bits per heavy atom. The minimum absolute atomic E-state index is 0.0176. The van der Waals surface area contributed by atoms with E-state index in [0.29, 0.717) is 35.5 Å². The maximum Gasteiger partial charge on any atom is 0.270 e. The number of sulfone groups is 1. The molecule has 1 atom stereocenters. The Hall–Kier alpha value is -1.63. The molecular weight excluding hydrogens is 328 g/mol. The number of rotatable bonds is 5. The first kappa shape index (κ1) is 18.7. The normalized spacial score (nSPS) is 19.7. The van der Waals surface area contributed by atoms with Crippen LogP contribution in [0.25, 0.3) is 0 Å². The van der Waals surface area contributed by atoms with Gasteiger partial charge in [-0.15, -0.1) is 0 Å². The van der Waals surface area contributed by atoms with Crippen molar-refractivity contribution in [1.82, 2.24) is 9.88 Å². The molecule has 0 spiro atoms. The van der Waals surface area contributed by atoms with Gasteiger partial charge in [0, 0.05) is 23.8 Å². The number of hydrogen-bond donors (Lipinski definition) is 1. The summed E-state index contributed by atoms with van der Waals surface area (Å²) in [5, 5.41) is 0. The van der Waals surface area contributed by atoms with Crippen LogP contribution in [0.15, 0.2) is 0 Å². The minimum atomic E-state index is -3.08. The highest BCUT2D eigenvalue weighted by atomic mass is 32.2. The molecule has 134 valence electrons. The first-order valence-electron chi connectivity index (χ1n) is 8.25. The molecule has 1 saturated heterocycles. The summed E-state index contributed by atoms with van der Waals surface area (Å²) in [4.78, 5) is 29.6. The third kappa shape index (κ3) is 3.71. The van der Waals surface area contributed by atoms with Crippen LogP contribution in [0.1, 0.15) is 59.3 Å². The lowest BCUT2D eigenvalue weighted by Gasteiger charge is -2.30. The van der Waals surface area contributed by atoms with E-state index in [1.54, 1.807) is 18.7 Å². The summed E-state index contributed by atoms with van der Waals surface area (Å²) in [6.45, 7) is 9.49. The fourth-order valence-electron chi connectivity index (χ4n) is 3.45. The number of carbonyl (C=O) groups is 2. The van der Waals surface area contributed by atoms with E-state index in [0.717, 1.165) is 0 Å². The van der Waals surface area contributed by atoms with Gasteiger partial charge < -0.3 is 9.88 Å². The van der Waals surface area contributed by atoms with Gasteiger partial charge in [0.25, 0.3) is 5.91 Å². The van der Waals surface area contributed by atoms with Gasteiger partial charge in [0.05, 0.1) is 11.5 Å². The predicted molar refractivity (Wildman–Crippen MR) is 93.2 cm³/mol. The number of amides is 1. The van der Waals surface area contributed by atoms with Crippen LogP contribution in [0, 0.1) is 19.8 Å². The van der Waals surface area contributed by atoms with Crippen molar-refractivity contribution < 1.29 is 18.0 Å². The highest BCUT2D eigenvalue weighted by Crippen LogP contribution is 2.24. The lowest BCUT2D eigenvalue weighted by Crippen LogP contribution is -2.43. The molecule has 1 N–H and O–H groups in total. The average Bonchev–Trinajstić information content (AvgIpc) is 2.94. The first-order chi connectivity index (χ1) is 11.0. The van der Waals surface area contributed by atoms with Crippen LogP contribution in [0.3, 0.4) is 0 Å². The summed E-state index contributed by atoms with van der Waals surface area (Å²) >= 11 is 0. The molecule has 0 aliphatic carbocycles. The number of nitrogens with one attached hydrogen (secondary N) is 1. The predicted octanol–water partition coefficient (Wildman–Crippen LogP) is 2.12. The maximum atomic E-state index is 13.1. The van der Waals surface area contributed by atoms with Gasteiger partial charge in [-0.1, -0.05) is 13.8 Å². The van der Waals surface area contributed by atoms with Crippen LogP contribution in [0.4, 0.5) is 0 Å². The summed E-state index contributed by atoms with van der Waals surface area (Å²) in [6.07, 6.45) is 0.471. The number of ketones is 1. The smallest absolute Gasteiger partial charge is 0.270 e. The van der Waals surface area contributed by atoms with Crippen molar-refractivity contribution in [3.8, 4) is 0 Å². The molecule has 1 aromatic heterocycles. The zero-order chi connectivity index (χ0) is 18.2. The van der Waals surface area contributed by atoms with Crippen LogP contribution in [-0.4, -0.2) is 54.1 Å². The molecular formula is C17H26N2O4S. The van der Waals surface area contributed by atoms with Crippen LogP contribution in [-0.2, 0) is 9.84 Å². The molecule has 0 radical (unpaired) electrons. The van der Waals surface area contributed by atoms with E-state index in [1.807, 2.05) is 13.8 Å². The van der Waals surface area contributed by atoms with Crippen LogP contribution >= 0.6 is 0 Å². The van der Waals surface area contributed by atoms with Gasteiger partial charge in [-0.3, -0.25) is 9.59 Å². The Morgan fingerprint density at radius 3 is 2.33 bits per heavy atom. The summed E-state index contributed by atoms with van der Waals surface area (Å²) in [5.41, 5.74) is 2.25. The molecule has 6 nitrogen and oxygen atoms in total. The Bertz CT molecular complexity index is 762. The zero-order valence-corrected chi connectivity index (χ0v) is 15.8. The number of aromatic amines is 1. The lowest BCUT2D eigenvalue weighted by atomic mass is 10.1. The molecule has 1 aliphatic rings. The Labute approximate surface area is 143 Å². The highest BCUT2D eigenvalue weighted by Gasteiger charge is 2.36. The number of Topliss-reactive ketones (excluding diaryl/α,β-unsaturated/α-hetero) is 1. The molecule has 24 heavy (non-hydrogen) atoms. The van der Waals surface area contributed by atoms with Gasteiger partial charge >= 0.3 is 0 Å². The van der Waals surface area contributed by atoms with Crippen LogP contribution in [0.2, 0.25) is 0 Å². The zero-order valence-electron chi connectivity index (χ0n) is 15.0. The molecule has 1 unspecified atom stereocenters. The van der Waals surface area contributed by atoms with E-state index >= 15 is 0 Å². The van der Waals surface area contributed by atoms with E-state index in [1.165, 1.54) is 6.92 Å². The number of H-pyrrole nitrogens is 1. The molecule has 0 bridgehead atoms. The van der Waals surface area contributed by atoms with E-state index in [2.05, 4.69) is 4.98 Å². The number of aryl methyl sites for hydroxylation is 1. The quantitative estimate of drug-likeness (QED) is 0.821. The molecule has 1 amide bonds. The standard InChI is InChI=1S/C17H26N2O4S/c1-10(2)8-19(14-6-7-24(22,23)9-14)17(21)16-11(3)15(13(5)20)12(4)18-16/h10,14,18H,6-9H2,1-5H3. The van der Waals surface area contributed by atoms with Crippen molar-refractivity contribution in [3.05, 3.63) is 22.5 Å². The monoisotopic (exact) mass is 354 g/mol. The van der Waals surface area contributed by atoms with Crippen molar-refractivity contribution in [3.63, 3.8) is 0 Å². The van der Waals surface area contributed by atoms with Gasteiger partial charge in [-0.05, 0) is 38.7 Å². The molecule has 1 aliphatic heterocycles. The van der Waals surface area contributed by atoms with Crippen molar-refractivity contribution in [2.24, 2.45) is 5.92 Å². The molecule has 2 rings (SSSR count). The second-order valence-electron chi connectivity index (χ2n) is 7.09. The van der Waals surface area contributed by atoms with E-state index < -0.39 is 9.84 Å². The van der Waals surface area contributed by atoms with Crippen molar-refractivity contribution in [2.45, 2.75) is 47.1 Å². The van der Waals surface area contributed by atoms with Gasteiger partial charge in [-0.25, -0.2) is 8.42 Å². The average molecular weight is 354 g/mol. The van der Waals surface area contributed by atoms with Gasteiger partial charge in [0.15, 0.2) is 15.6 Å². The third-order valence-electron chi connectivity index (χ3n) is 4.48. The Balaban J connectivity index is 2.39. The van der Waals surface area contributed by atoms with Gasteiger partial charge in [0.1, 0.15) is 5.69 Å². The topological polar surface area (TPSA) is 87.3 Å². The van der Waals surface area contributed by atoms with E-state index in [-0.39, 0.29) is 35.2 Å². The van der Waals surface area contributed by atoms with Gasteiger partial charge in [0.2, 0.25) is 0 Å². The number of aromatic nitrogens is 1. The van der Waals surface area contributed by atoms with E-state index in [9.17, 15) is 18.0 Å². The summed E-state index contributed by atoms with van der Waals surface area (Å²) < 4.78 is 23.6. The molecule has 1 fully saturated rings. The largest absolute Gasteiger partial charge is 0.354 e. The fraction of sp³-hybridized carbons (Fsp3) is 0.647. The maximum absolute atomic E-state index is 13.1. The SMILES string of the molecule is CC(=O)c1c(C)[nH]c(C(=O)N(CC(C)C)C2CCS(=O)(=O)C2)c1C. The van der Waals surface area contributed by atoms with Crippen LogP contribution < -0.4 is 0 Å². The fourth-order valence-corrected chi connectivity index (χ4v) is 5.18. The second-order valence-corrected chi connectivity index (χ2v) is 9.32. The number of carbonyl (C=O) groups excluding carboxylic acids is 2. The Morgan fingerprint density at radius 1 is 1.29 bits per heavy atom. The minimum Gasteiger partial charge on any atom is -0.354 e. The molecule has 1 aromatic rings. The van der Waals surface area contributed by atoms with Crippen LogP contribution in [0.5, 0.6) is 0 Å². The third-order valence-corrected chi connectivity index (χ3v) is 6.23. The highest BCUT2D eigenvalue weighted by molar-refractivity contribution is 7.91. The molecule has 7 heteroatoms. The number of hydrogen-bond acceptors (Lipinski definition) is 4. The van der Waals surface area contributed by atoms with Gasteiger partial charge in [-0.2, -0.15) is 0 Å². The summed E-state index contributed by atoms with van der Waals surface area (Å²) in [5.74, 6) is 0.0593. The van der Waals surface area contributed by atoms with Crippen molar-refractivity contribution >= 4 is 21.5 Å². The summed E-state index contributed by atoms with van der Waals surface area (Å²) in [7, 11) is -3.08. The Kier molecular flexibility index (Phi) is 5.22.